The van der Waals surface area contributed by atoms with E-state index in [4.69, 9.17) is 14.2 Å². The molecule has 4 rings (SSSR count). The van der Waals surface area contributed by atoms with Crippen LogP contribution in [-0.4, -0.2) is 73.3 Å². The van der Waals surface area contributed by atoms with E-state index in [2.05, 4.69) is 23.2 Å². The summed E-state index contributed by atoms with van der Waals surface area (Å²) in [5, 5.41) is 2.95. The van der Waals surface area contributed by atoms with Gasteiger partial charge in [0, 0.05) is 38.4 Å². The zero-order valence-corrected chi connectivity index (χ0v) is 22.9. The minimum absolute atomic E-state index is 0.0394. The molecule has 2 aromatic carbocycles. The Bertz CT molecular complexity index is 1120. The van der Waals surface area contributed by atoms with Crippen LogP contribution in [0.2, 0.25) is 0 Å². The number of benzene rings is 2. The van der Waals surface area contributed by atoms with Gasteiger partial charge in [-0.2, -0.15) is 0 Å². The molecule has 210 valence electrons. The molecule has 0 aromatic heterocycles. The lowest BCUT2D eigenvalue weighted by Gasteiger charge is -2.33. The van der Waals surface area contributed by atoms with Gasteiger partial charge in [0.25, 0.3) is 0 Å². The normalized spacial score (nSPS) is 17.8. The number of hydrogen-bond acceptors (Lipinski definition) is 7. The smallest absolute Gasteiger partial charge is 0.410 e. The van der Waals surface area contributed by atoms with E-state index in [1.807, 2.05) is 49.4 Å². The molecule has 1 atom stereocenters. The number of likely N-dealkylation sites (tertiary alicyclic amines) is 1. The number of nitrogens with one attached hydrogen (secondary N) is 1. The van der Waals surface area contributed by atoms with E-state index in [9.17, 15) is 14.4 Å². The van der Waals surface area contributed by atoms with Gasteiger partial charge in [0.2, 0.25) is 5.91 Å². The van der Waals surface area contributed by atoms with E-state index < -0.39 is 0 Å². The highest BCUT2D eigenvalue weighted by Crippen LogP contribution is 2.30. The van der Waals surface area contributed by atoms with Crippen LogP contribution in [-0.2, 0) is 37.0 Å². The number of amides is 2. The van der Waals surface area contributed by atoms with Gasteiger partial charge in [-0.25, -0.2) is 4.79 Å². The van der Waals surface area contributed by atoms with E-state index in [1.165, 1.54) is 5.56 Å². The van der Waals surface area contributed by atoms with Crippen molar-refractivity contribution in [3.63, 3.8) is 0 Å². The Morgan fingerprint density at radius 1 is 1.03 bits per heavy atom. The first-order valence-electron chi connectivity index (χ1n) is 13.8. The predicted molar refractivity (Wildman–Crippen MR) is 147 cm³/mol. The molecule has 1 fully saturated rings. The number of anilines is 1. The third-order valence-corrected chi connectivity index (χ3v) is 7.18. The van der Waals surface area contributed by atoms with E-state index in [1.54, 1.807) is 4.90 Å². The first kappa shape index (κ1) is 28.6. The quantitative estimate of drug-likeness (QED) is 0.451. The second kappa shape index (κ2) is 14.1. The molecule has 1 unspecified atom stereocenters. The number of rotatable bonds is 10. The van der Waals surface area contributed by atoms with Gasteiger partial charge in [0.1, 0.15) is 13.2 Å². The third kappa shape index (κ3) is 8.53. The number of hydrogen-bond donors (Lipinski definition) is 1. The van der Waals surface area contributed by atoms with Crippen molar-refractivity contribution in [3.8, 4) is 0 Å². The fourth-order valence-electron chi connectivity index (χ4n) is 5.15. The maximum atomic E-state index is 12.6. The topological polar surface area (TPSA) is 97.4 Å². The molecule has 1 N–H and O–H groups in total. The van der Waals surface area contributed by atoms with Crippen molar-refractivity contribution in [2.75, 3.05) is 44.7 Å². The molecule has 2 aromatic rings. The second-order valence-electron chi connectivity index (χ2n) is 10.2. The van der Waals surface area contributed by atoms with Crippen LogP contribution in [0.15, 0.2) is 48.5 Å². The van der Waals surface area contributed by atoms with Gasteiger partial charge in [-0.1, -0.05) is 43.3 Å². The number of esters is 1. The maximum absolute atomic E-state index is 12.6. The molecular weight excluding hydrogens is 498 g/mol. The van der Waals surface area contributed by atoms with Crippen LogP contribution in [0, 0.1) is 0 Å². The van der Waals surface area contributed by atoms with Gasteiger partial charge in [-0.05, 0) is 54.5 Å². The largest absolute Gasteiger partial charge is 0.466 e. The Morgan fingerprint density at radius 3 is 2.54 bits per heavy atom. The molecule has 0 saturated carbocycles. The lowest BCUT2D eigenvalue weighted by molar-refractivity contribution is -0.143. The lowest BCUT2D eigenvalue weighted by atomic mass is 9.90. The van der Waals surface area contributed by atoms with Crippen molar-refractivity contribution in [3.05, 3.63) is 65.2 Å². The molecule has 9 nitrogen and oxygen atoms in total. The minimum Gasteiger partial charge on any atom is -0.466 e. The van der Waals surface area contributed by atoms with Gasteiger partial charge in [0.05, 0.1) is 19.1 Å². The second-order valence-corrected chi connectivity index (χ2v) is 10.2. The number of nitrogens with zero attached hydrogens (tertiary/aromatic N) is 2. The minimum atomic E-state index is -0.323. The fraction of sp³-hybridized carbons (Fsp3) is 0.500. The van der Waals surface area contributed by atoms with Crippen LogP contribution in [0.3, 0.4) is 0 Å². The van der Waals surface area contributed by atoms with Crippen LogP contribution in [0.25, 0.3) is 0 Å². The number of carbonyl (C=O) groups is 3. The van der Waals surface area contributed by atoms with Gasteiger partial charge in [-0.15, -0.1) is 0 Å². The molecule has 0 spiro atoms. The highest BCUT2D eigenvalue weighted by Gasteiger charge is 2.26. The molecule has 0 bridgehead atoms. The number of ether oxygens (including phenoxy) is 3. The van der Waals surface area contributed by atoms with E-state index in [0.29, 0.717) is 51.4 Å². The van der Waals surface area contributed by atoms with Crippen LogP contribution in [0.4, 0.5) is 10.5 Å². The lowest BCUT2D eigenvalue weighted by Crippen LogP contribution is -2.41. The van der Waals surface area contributed by atoms with Crippen LogP contribution in [0.5, 0.6) is 0 Å². The number of fused-ring (bicyclic) bond motifs is 1. The summed E-state index contributed by atoms with van der Waals surface area (Å²) in [6, 6.07) is 15.6. The van der Waals surface area contributed by atoms with Crippen molar-refractivity contribution in [1.29, 1.82) is 0 Å². The Hall–Kier alpha value is -3.43. The summed E-state index contributed by atoms with van der Waals surface area (Å²) in [5.41, 5.74) is 4.11. The summed E-state index contributed by atoms with van der Waals surface area (Å²) in [7, 11) is 0. The molecule has 2 heterocycles. The van der Waals surface area contributed by atoms with Gasteiger partial charge < -0.3 is 24.4 Å². The summed E-state index contributed by atoms with van der Waals surface area (Å²) in [5.74, 6) is -0.0428. The summed E-state index contributed by atoms with van der Waals surface area (Å²) in [6.07, 6.45) is 1.29. The zero-order valence-electron chi connectivity index (χ0n) is 22.9. The molecule has 1 saturated heterocycles. The van der Waals surface area contributed by atoms with Crippen molar-refractivity contribution in [1.82, 2.24) is 9.80 Å². The summed E-state index contributed by atoms with van der Waals surface area (Å²) in [6.45, 7) is 7.94. The summed E-state index contributed by atoms with van der Waals surface area (Å²) < 4.78 is 16.3. The summed E-state index contributed by atoms with van der Waals surface area (Å²) >= 11 is 0. The molecule has 0 radical (unpaired) electrons. The van der Waals surface area contributed by atoms with Crippen molar-refractivity contribution in [2.24, 2.45) is 0 Å². The first-order valence-corrected chi connectivity index (χ1v) is 13.8. The fourth-order valence-corrected chi connectivity index (χ4v) is 5.15. The molecule has 0 aliphatic carbocycles. The Morgan fingerprint density at radius 2 is 1.79 bits per heavy atom. The Kier molecular flexibility index (Phi) is 10.3. The average molecular weight is 538 g/mol. The first-order chi connectivity index (χ1) is 18.9. The molecule has 2 aliphatic rings. The van der Waals surface area contributed by atoms with E-state index >= 15 is 0 Å². The average Bonchev–Trinajstić information content (AvgIpc) is 2.94. The molecule has 2 amide bonds. The van der Waals surface area contributed by atoms with Crippen LogP contribution >= 0.6 is 0 Å². The Balaban J connectivity index is 1.18. The predicted octanol–water partition coefficient (Wildman–Crippen LogP) is 4.32. The molecule has 2 aliphatic heterocycles. The number of piperidine rings is 1. The zero-order chi connectivity index (χ0) is 27.6. The number of carbonyl (C=O) groups excluding carboxylic acids is 3. The molecular formula is C30H39N3O6. The van der Waals surface area contributed by atoms with E-state index in [-0.39, 0.29) is 37.3 Å². The van der Waals surface area contributed by atoms with E-state index in [0.717, 1.165) is 29.9 Å². The molecule has 9 heteroatoms. The third-order valence-electron chi connectivity index (χ3n) is 7.18. The SMILES string of the molecule is CCOC(=O)CCN1Cc2cc(NC(=O)COC3CCN(C(=O)OCc4ccccc4)CC3)ccc2C(C)C1. The highest BCUT2D eigenvalue weighted by atomic mass is 16.6. The van der Waals surface area contributed by atoms with Crippen molar-refractivity contribution >= 4 is 23.7 Å². The van der Waals surface area contributed by atoms with Gasteiger partial charge >= 0.3 is 12.1 Å². The van der Waals surface area contributed by atoms with Gasteiger partial charge in [-0.3, -0.25) is 14.5 Å². The standard InChI is InChI=1S/C30H39N3O6/c1-3-37-29(35)13-14-32-18-22(2)27-10-9-25(17-24(27)19-32)31-28(34)21-38-26-11-15-33(16-12-26)30(36)39-20-23-7-5-4-6-8-23/h4-10,17,22,26H,3,11-16,18-21H2,1-2H3,(H,31,34). The maximum Gasteiger partial charge on any atom is 0.410 e. The summed E-state index contributed by atoms with van der Waals surface area (Å²) in [4.78, 5) is 40.7. The van der Waals surface area contributed by atoms with Crippen molar-refractivity contribution in [2.45, 2.75) is 58.3 Å². The van der Waals surface area contributed by atoms with Crippen LogP contribution in [0.1, 0.15) is 55.7 Å². The molecule has 39 heavy (non-hydrogen) atoms. The highest BCUT2D eigenvalue weighted by molar-refractivity contribution is 5.91. The Labute approximate surface area is 230 Å². The monoisotopic (exact) mass is 537 g/mol. The van der Waals surface area contributed by atoms with Crippen LogP contribution < -0.4 is 5.32 Å². The van der Waals surface area contributed by atoms with Gasteiger partial charge in [0.15, 0.2) is 0 Å². The van der Waals surface area contributed by atoms with Crippen molar-refractivity contribution < 1.29 is 28.6 Å².